The number of carbonyl (C=O) groups excluding carboxylic acids is 1. The van der Waals surface area contributed by atoms with Gasteiger partial charge in [0.2, 0.25) is 5.91 Å². The molecule has 0 saturated carbocycles. The van der Waals surface area contributed by atoms with Crippen molar-refractivity contribution in [2.45, 2.75) is 46.2 Å². The fourth-order valence-corrected chi connectivity index (χ4v) is 0.753. The Balaban J connectivity index is 3.89. The maximum absolute atomic E-state index is 11.5. The van der Waals surface area contributed by atoms with Gasteiger partial charge in [-0.1, -0.05) is 0 Å². The lowest BCUT2D eigenvalue weighted by Gasteiger charge is -2.25. The summed E-state index contributed by atoms with van der Waals surface area (Å²) in [5.41, 5.74) is 0.00742. The van der Waals surface area contributed by atoms with Crippen LogP contribution in [0.1, 0.15) is 34.6 Å². The van der Waals surface area contributed by atoms with Crippen molar-refractivity contribution in [3.63, 3.8) is 0 Å². The second-order valence-electron chi connectivity index (χ2n) is 4.70. The zero-order chi connectivity index (χ0) is 10.6. The number of hydrogen-bond donors (Lipinski definition) is 1. The van der Waals surface area contributed by atoms with Crippen LogP contribution in [0.4, 0.5) is 0 Å². The number of hydrogen-bond acceptors (Lipinski definition) is 2. The van der Waals surface area contributed by atoms with Gasteiger partial charge in [0.15, 0.2) is 0 Å². The molecule has 3 nitrogen and oxygen atoms in total. The van der Waals surface area contributed by atoms with Crippen LogP contribution < -0.4 is 5.32 Å². The van der Waals surface area contributed by atoms with E-state index < -0.39 is 0 Å². The number of carbonyl (C=O) groups is 1. The first-order valence-electron chi connectivity index (χ1n) is 4.74. The molecule has 0 saturated heterocycles. The van der Waals surface area contributed by atoms with Gasteiger partial charge in [0.1, 0.15) is 0 Å². The largest absolute Gasteiger partial charge is 0.342 e. The Hall–Kier alpha value is -0.570. The summed E-state index contributed by atoms with van der Waals surface area (Å²) >= 11 is 0. The summed E-state index contributed by atoms with van der Waals surface area (Å²) in [6.45, 7) is 10.6. The minimum absolute atomic E-state index is 0.00742. The van der Waals surface area contributed by atoms with Crippen LogP contribution in [0.3, 0.4) is 0 Å². The third kappa shape index (κ3) is 5.64. The third-order valence-corrected chi connectivity index (χ3v) is 1.94. The Bertz CT molecular complexity index is 170. The SMILES string of the molecule is CC(C)N(C)C(=O)CNC(C)(C)C. The van der Waals surface area contributed by atoms with E-state index in [1.807, 2.05) is 20.9 Å². The van der Waals surface area contributed by atoms with Crippen molar-refractivity contribution in [3.05, 3.63) is 0 Å². The molecule has 1 amide bonds. The predicted molar refractivity (Wildman–Crippen MR) is 55.7 cm³/mol. The highest BCUT2D eigenvalue weighted by Gasteiger charge is 2.15. The molecule has 0 aliphatic heterocycles. The van der Waals surface area contributed by atoms with Gasteiger partial charge in [0, 0.05) is 18.6 Å². The van der Waals surface area contributed by atoms with Gasteiger partial charge in [-0.3, -0.25) is 4.79 Å². The van der Waals surface area contributed by atoms with E-state index in [9.17, 15) is 4.79 Å². The monoisotopic (exact) mass is 186 g/mol. The molecule has 0 spiro atoms. The Labute approximate surface area is 81.5 Å². The van der Waals surface area contributed by atoms with Gasteiger partial charge in [0.05, 0.1) is 6.54 Å². The van der Waals surface area contributed by atoms with Crippen molar-refractivity contribution in [1.82, 2.24) is 10.2 Å². The van der Waals surface area contributed by atoms with E-state index in [1.54, 1.807) is 4.90 Å². The van der Waals surface area contributed by atoms with Crippen molar-refractivity contribution in [2.75, 3.05) is 13.6 Å². The van der Waals surface area contributed by atoms with Gasteiger partial charge in [-0.25, -0.2) is 0 Å². The summed E-state index contributed by atoms with van der Waals surface area (Å²) in [7, 11) is 1.83. The second kappa shape index (κ2) is 4.61. The van der Waals surface area contributed by atoms with E-state index in [0.29, 0.717) is 6.54 Å². The zero-order valence-corrected chi connectivity index (χ0v) is 9.64. The highest BCUT2D eigenvalue weighted by atomic mass is 16.2. The van der Waals surface area contributed by atoms with Gasteiger partial charge in [-0.2, -0.15) is 0 Å². The third-order valence-electron chi connectivity index (χ3n) is 1.94. The van der Waals surface area contributed by atoms with E-state index in [0.717, 1.165) is 0 Å². The molecular weight excluding hydrogens is 164 g/mol. The first-order valence-corrected chi connectivity index (χ1v) is 4.74. The van der Waals surface area contributed by atoms with Crippen LogP contribution in [0.5, 0.6) is 0 Å². The van der Waals surface area contributed by atoms with Crippen LogP contribution in [0.25, 0.3) is 0 Å². The molecule has 0 fully saturated rings. The molecule has 0 aromatic heterocycles. The molecule has 3 heteroatoms. The van der Waals surface area contributed by atoms with Crippen LogP contribution in [-0.4, -0.2) is 36.0 Å². The Morgan fingerprint density at radius 2 is 1.85 bits per heavy atom. The number of amides is 1. The first kappa shape index (κ1) is 12.4. The molecule has 13 heavy (non-hydrogen) atoms. The second-order valence-corrected chi connectivity index (χ2v) is 4.70. The van der Waals surface area contributed by atoms with Gasteiger partial charge in [0.25, 0.3) is 0 Å². The summed E-state index contributed by atoms with van der Waals surface area (Å²) in [4.78, 5) is 13.2. The average Bonchev–Trinajstić information content (AvgIpc) is 1.97. The Morgan fingerprint density at radius 3 is 2.15 bits per heavy atom. The summed E-state index contributed by atoms with van der Waals surface area (Å²) in [6, 6.07) is 0.272. The van der Waals surface area contributed by atoms with Crippen molar-refractivity contribution >= 4 is 5.91 Å². The minimum Gasteiger partial charge on any atom is -0.342 e. The molecule has 0 rings (SSSR count). The standard InChI is InChI=1S/C10H22N2O/c1-8(2)12(6)9(13)7-11-10(3,4)5/h8,11H,7H2,1-6H3. The van der Waals surface area contributed by atoms with Crippen molar-refractivity contribution in [2.24, 2.45) is 0 Å². The van der Waals surface area contributed by atoms with E-state index >= 15 is 0 Å². The zero-order valence-electron chi connectivity index (χ0n) is 9.64. The Kier molecular flexibility index (Phi) is 4.40. The topological polar surface area (TPSA) is 32.3 Å². The average molecular weight is 186 g/mol. The normalized spacial score (nSPS) is 11.9. The van der Waals surface area contributed by atoms with Crippen LogP contribution in [-0.2, 0) is 4.79 Å². The molecule has 0 radical (unpaired) electrons. The molecule has 0 aliphatic carbocycles. The molecule has 0 bridgehead atoms. The summed E-state index contributed by atoms with van der Waals surface area (Å²) in [6.07, 6.45) is 0. The summed E-state index contributed by atoms with van der Waals surface area (Å²) in [5.74, 6) is 0.143. The van der Waals surface area contributed by atoms with Gasteiger partial charge < -0.3 is 10.2 Å². The van der Waals surface area contributed by atoms with E-state index in [-0.39, 0.29) is 17.5 Å². The molecule has 1 N–H and O–H groups in total. The minimum atomic E-state index is 0.00742. The smallest absolute Gasteiger partial charge is 0.236 e. The van der Waals surface area contributed by atoms with Crippen LogP contribution in [0.15, 0.2) is 0 Å². The van der Waals surface area contributed by atoms with Crippen LogP contribution >= 0.6 is 0 Å². The van der Waals surface area contributed by atoms with E-state index in [2.05, 4.69) is 26.1 Å². The van der Waals surface area contributed by atoms with Crippen LogP contribution in [0, 0.1) is 0 Å². The van der Waals surface area contributed by atoms with Crippen molar-refractivity contribution < 1.29 is 4.79 Å². The molecule has 0 unspecified atom stereocenters. The lowest BCUT2D eigenvalue weighted by molar-refractivity contribution is -0.130. The molecular formula is C10H22N2O. The number of likely N-dealkylation sites (N-methyl/N-ethyl adjacent to an activating group) is 1. The van der Waals surface area contributed by atoms with Crippen molar-refractivity contribution in [3.8, 4) is 0 Å². The molecule has 0 heterocycles. The maximum atomic E-state index is 11.5. The van der Waals surface area contributed by atoms with E-state index in [4.69, 9.17) is 0 Å². The molecule has 0 aromatic rings. The quantitative estimate of drug-likeness (QED) is 0.719. The summed E-state index contributed by atoms with van der Waals surface area (Å²) in [5, 5.41) is 3.17. The molecule has 78 valence electrons. The summed E-state index contributed by atoms with van der Waals surface area (Å²) < 4.78 is 0. The number of nitrogens with zero attached hydrogens (tertiary/aromatic N) is 1. The Morgan fingerprint density at radius 1 is 1.38 bits per heavy atom. The fraction of sp³-hybridized carbons (Fsp3) is 0.900. The highest BCUT2D eigenvalue weighted by Crippen LogP contribution is 1.99. The number of nitrogens with one attached hydrogen (secondary N) is 1. The number of rotatable bonds is 3. The molecule has 0 aromatic carbocycles. The molecule has 0 aliphatic rings. The lowest BCUT2D eigenvalue weighted by Crippen LogP contribution is -2.45. The predicted octanol–water partition coefficient (Wildman–Crippen LogP) is 1.24. The fourth-order valence-electron chi connectivity index (χ4n) is 0.753. The molecule has 0 atom stereocenters. The van der Waals surface area contributed by atoms with Gasteiger partial charge >= 0.3 is 0 Å². The van der Waals surface area contributed by atoms with Crippen molar-refractivity contribution in [1.29, 1.82) is 0 Å². The lowest BCUT2D eigenvalue weighted by atomic mass is 10.1. The van der Waals surface area contributed by atoms with E-state index in [1.165, 1.54) is 0 Å². The van der Waals surface area contributed by atoms with Crippen LogP contribution in [0.2, 0.25) is 0 Å². The van der Waals surface area contributed by atoms with Gasteiger partial charge in [-0.05, 0) is 34.6 Å². The first-order chi connectivity index (χ1) is 5.74. The maximum Gasteiger partial charge on any atom is 0.236 e. The highest BCUT2D eigenvalue weighted by molar-refractivity contribution is 5.78. The van der Waals surface area contributed by atoms with Gasteiger partial charge in [-0.15, -0.1) is 0 Å².